The lowest BCUT2D eigenvalue weighted by Gasteiger charge is -2.28. The standard InChI is InChI=1S/C13H15BrClN5/c14-8-1-2-11(15)10(7-8)12-17-13(19-18-12)20-5-3-9(16)4-6-20/h1-2,7,9H,3-6,16H2,(H,17,18,19). The first-order valence-electron chi connectivity index (χ1n) is 6.52. The SMILES string of the molecule is NC1CCN(c2n[nH]c(-c3cc(Br)ccc3Cl)n2)CC1. The molecular weight excluding hydrogens is 342 g/mol. The number of benzene rings is 1. The van der Waals surface area contributed by atoms with Gasteiger partial charge in [-0.1, -0.05) is 27.5 Å². The first-order valence-corrected chi connectivity index (χ1v) is 7.69. The molecule has 7 heteroatoms. The highest BCUT2D eigenvalue weighted by Crippen LogP contribution is 2.29. The predicted molar refractivity (Wildman–Crippen MR) is 84.0 cm³/mol. The number of nitrogens with one attached hydrogen (secondary N) is 1. The topological polar surface area (TPSA) is 70.8 Å². The lowest BCUT2D eigenvalue weighted by atomic mass is 10.1. The van der Waals surface area contributed by atoms with Crippen molar-refractivity contribution in [3.63, 3.8) is 0 Å². The molecule has 0 radical (unpaired) electrons. The average Bonchev–Trinajstić information content (AvgIpc) is 2.92. The van der Waals surface area contributed by atoms with E-state index in [1.165, 1.54) is 0 Å². The molecule has 0 spiro atoms. The number of piperidine rings is 1. The minimum atomic E-state index is 0.296. The van der Waals surface area contributed by atoms with Gasteiger partial charge in [-0.25, -0.2) is 0 Å². The van der Waals surface area contributed by atoms with Crippen LogP contribution in [0.1, 0.15) is 12.8 Å². The molecule has 20 heavy (non-hydrogen) atoms. The zero-order valence-electron chi connectivity index (χ0n) is 10.8. The normalized spacial score (nSPS) is 16.6. The van der Waals surface area contributed by atoms with E-state index < -0.39 is 0 Å². The molecule has 0 bridgehead atoms. The van der Waals surface area contributed by atoms with Gasteiger partial charge in [-0.3, -0.25) is 5.10 Å². The summed E-state index contributed by atoms with van der Waals surface area (Å²) in [7, 11) is 0. The Hall–Kier alpha value is -1.11. The van der Waals surface area contributed by atoms with Crippen LogP contribution >= 0.6 is 27.5 Å². The van der Waals surface area contributed by atoms with Gasteiger partial charge in [0.05, 0.1) is 5.02 Å². The van der Waals surface area contributed by atoms with E-state index in [-0.39, 0.29) is 0 Å². The Kier molecular flexibility index (Phi) is 3.96. The van der Waals surface area contributed by atoms with E-state index in [2.05, 4.69) is 36.0 Å². The minimum Gasteiger partial charge on any atom is -0.339 e. The average molecular weight is 357 g/mol. The highest BCUT2D eigenvalue weighted by atomic mass is 79.9. The molecule has 0 amide bonds. The summed E-state index contributed by atoms with van der Waals surface area (Å²) in [6.45, 7) is 1.79. The molecule has 1 aliphatic rings. The van der Waals surface area contributed by atoms with Gasteiger partial charge in [0.15, 0.2) is 5.82 Å². The Morgan fingerprint density at radius 2 is 2.10 bits per heavy atom. The number of nitrogens with zero attached hydrogens (tertiary/aromatic N) is 3. The Bertz CT molecular complexity index is 607. The number of hydrogen-bond donors (Lipinski definition) is 2. The number of anilines is 1. The second-order valence-electron chi connectivity index (χ2n) is 4.93. The van der Waals surface area contributed by atoms with Gasteiger partial charge in [0.2, 0.25) is 5.95 Å². The minimum absolute atomic E-state index is 0.296. The molecule has 1 aromatic carbocycles. The van der Waals surface area contributed by atoms with Crippen LogP contribution in [0, 0.1) is 0 Å². The van der Waals surface area contributed by atoms with Gasteiger partial charge in [-0.05, 0) is 31.0 Å². The first-order chi connectivity index (χ1) is 9.63. The number of aromatic nitrogens is 3. The van der Waals surface area contributed by atoms with Crippen molar-refractivity contribution in [3.8, 4) is 11.4 Å². The highest BCUT2D eigenvalue weighted by Gasteiger charge is 2.20. The summed E-state index contributed by atoms with van der Waals surface area (Å²) >= 11 is 9.64. The Morgan fingerprint density at radius 3 is 2.85 bits per heavy atom. The molecule has 1 aliphatic heterocycles. The Labute approximate surface area is 130 Å². The fourth-order valence-corrected chi connectivity index (χ4v) is 2.86. The number of hydrogen-bond acceptors (Lipinski definition) is 4. The van der Waals surface area contributed by atoms with E-state index in [1.54, 1.807) is 0 Å². The quantitative estimate of drug-likeness (QED) is 0.868. The summed E-state index contributed by atoms with van der Waals surface area (Å²) in [6, 6.07) is 5.96. The molecule has 0 saturated carbocycles. The molecule has 1 aromatic heterocycles. The lowest BCUT2D eigenvalue weighted by molar-refractivity contribution is 0.496. The van der Waals surface area contributed by atoms with E-state index in [1.807, 2.05) is 18.2 Å². The number of H-pyrrole nitrogens is 1. The van der Waals surface area contributed by atoms with Gasteiger partial charge < -0.3 is 10.6 Å². The Morgan fingerprint density at radius 1 is 1.35 bits per heavy atom. The maximum atomic E-state index is 6.21. The smallest absolute Gasteiger partial charge is 0.245 e. The maximum Gasteiger partial charge on any atom is 0.245 e. The zero-order valence-corrected chi connectivity index (χ0v) is 13.2. The van der Waals surface area contributed by atoms with E-state index in [0.29, 0.717) is 22.8 Å². The van der Waals surface area contributed by atoms with Gasteiger partial charge in [-0.2, -0.15) is 4.98 Å². The summed E-state index contributed by atoms with van der Waals surface area (Å²) < 4.78 is 0.957. The van der Waals surface area contributed by atoms with Crippen LogP contribution in [0.2, 0.25) is 5.02 Å². The lowest BCUT2D eigenvalue weighted by Crippen LogP contribution is -2.40. The van der Waals surface area contributed by atoms with Crippen LogP contribution in [0.15, 0.2) is 22.7 Å². The summed E-state index contributed by atoms with van der Waals surface area (Å²) in [5.41, 5.74) is 6.75. The number of halogens is 2. The third-order valence-corrected chi connectivity index (χ3v) is 4.30. The van der Waals surface area contributed by atoms with Crippen LogP contribution < -0.4 is 10.6 Å². The van der Waals surface area contributed by atoms with Crippen LogP contribution in [0.5, 0.6) is 0 Å². The second kappa shape index (κ2) is 5.71. The molecule has 2 aromatic rings. The monoisotopic (exact) mass is 355 g/mol. The molecule has 1 saturated heterocycles. The third-order valence-electron chi connectivity index (χ3n) is 3.48. The van der Waals surface area contributed by atoms with Crippen molar-refractivity contribution < 1.29 is 0 Å². The highest BCUT2D eigenvalue weighted by molar-refractivity contribution is 9.10. The molecule has 3 N–H and O–H groups in total. The summed E-state index contributed by atoms with van der Waals surface area (Å²) in [4.78, 5) is 6.69. The second-order valence-corrected chi connectivity index (χ2v) is 6.26. The van der Waals surface area contributed by atoms with Crippen LogP contribution in [0.25, 0.3) is 11.4 Å². The van der Waals surface area contributed by atoms with Gasteiger partial charge in [0.1, 0.15) is 0 Å². The number of rotatable bonds is 2. The molecule has 0 atom stereocenters. The van der Waals surface area contributed by atoms with Crippen molar-refractivity contribution in [3.05, 3.63) is 27.7 Å². The van der Waals surface area contributed by atoms with Gasteiger partial charge in [0, 0.05) is 29.2 Å². The first kappa shape index (κ1) is 13.9. The fraction of sp³-hybridized carbons (Fsp3) is 0.385. The Balaban J connectivity index is 1.85. The molecular formula is C13H15BrClN5. The van der Waals surface area contributed by atoms with Gasteiger partial charge >= 0.3 is 0 Å². The van der Waals surface area contributed by atoms with Crippen LogP contribution in [-0.2, 0) is 0 Å². The molecule has 1 fully saturated rings. The predicted octanol–water partition coefficient (Wildman–Crippen LogP) is 2.82. The summed E-state index contributed by atoms with van der Waals surface area (Å²) in [6.07, 6.45) is 1.95. The van der Waals surface area contributed by atoms with Gasteiger partial charge in [0.25, 0.3) is 0 Å². The largest absolute Gasteiger partial charge is 0.339 e. The molecule has 5 nitrogen and oxygen atoms in total. The van der Waals surface area contributed by atoms with E-state index in [4.69, 9.17) is 17.3 Å². The van der Waals surface area contributed by atoms with Crippen LogP contribution in [-0.4, -0.2) is 34.3 Å². The third kappa shape index (κ3) is 2.82. The van der Waals surface area contributed by atoms with Crippen LogP contribution in [0.4, 0.5) is 5.95 Å². The van der Waals surface area contributed by atoms with Crippen molar-refractivity contribution in [2.45, 2.75) is 18.9 Å². The van der Waals surface area contributed by atoms with E-state index >= 15 is 0 Å². The van der Waals surface area contributed by atoms with Crippen molar-refractivity contribution >= 4 is 33.5 Å². The fourth-order valence-electron chi connectivity index (χ4n) is 2.29. The van der Waals surface area contributed by atoms with Crippen molar-refractivity contribution in [2.75, 3.05) is 18.0 Å². The maximum absolute atomic E-state index is 6.21. The van der Waals surface area contributed by atoms with Crippen molar-refractivity contribution in [1.82, 2.24) is 15.2 Å². The summed E-state index contributed by atoms with van der Waals surface area (Å²) in [5.74, 6) is 1.39. The van der Waals surface area contributed by atoms with Crippen molar-refractivity contribution in [2.24, 2.45) is 5.73 Å². The van der Waals surface area contributed by atoms with E-state index in [9.17, 15) is 0 Å². The molecule has 3 rings (SSSR count). The van der Waals surface area contributed by atoms with Crippen LogP contribution in [0.3, 0.4) is 0 Å². The molecule has 0 aliphatic carbocycles. The molecule has 2 heterocycles. The molecule has 106 valence electrons. The number of aromatic amines is 1. The number of nitrogens with two attached hydrogens (primary N) is 1. The summed E-state index contributed by atoms with van der Waals surface area (Å²) in [5, 5.41) is 7.90. The van der Waals surface area contributed by atoms with Crippen molar-refractivity contribution in [1.29, 1.82) is 0 Å². The zero-order chi connectivity index (χ0) is 14.1. The van der Waals surface area contributed by atoms with Gasteiger partial charge in [-0.15, -0.1) is 5.10 Å². The molecule has 0 unspecified atom stereocenters. The van der Waals surface area contributed by atoms with E-state index in [0.717, 1.165) is 36.0 Å².